The first-order valence-corrected chi connectivity index (χ1v) is 9.53. The van der Waals surface area contributed by atoms with Gasteiger partial charge in [-0.05, 0) is 51.0 Å². The molecule has 30 heavy (non-hydrogen) atoms. The summed E-state index contributed by atoms with van der Waals surface area (Å²) in [6.07, 6.45) is 0. The number of benzene rings is 2. The molecule has 8 nitrogen and oxygen atoms in total. The van der Waals surface area contributed by atoms with E-state index in [2.05, 4.69) is 20.6 Å². The number of aryl methyl sites for hydroxylation is 4. The van der Waals surface area contributed by atoms with Gasteiger partial charge in [-0.25, -0.2) is 9.36 Å². The molecule has 148 valence electrons. The van der Waals surface area contributed by atoms with Gasteiger partial charge in [0.1, 0.15) is 11.4 Å². The minimum atomic E-state index is -0.452. The molecular formula is C22H18N6O2. The van der Waals surface area contributed by atoms with E-state index in [1.54, 1.807) is 0 Å². The standard InChI is InChI=1S/C22H18N6O2/c1-11-5-7-15(13(3)9-11)27-19-17(23-25-27)21(29)18-20(22(19)30)28(26-24-18)16-8-6-12(2)10-14(16)4/h5-10H,1-4H3. The fraction of sp³-hybridized carbons (Fsp3) is 0.182. The van der Waals surface area contributed by atoms with Crippen molar-refractivity contribution in [2.24, 2.45) is 0 Å². The molecule has 0 saturated heterocycles. The predicted octanol–water partition coefficient (Wildman–Crippen LogP) is 2.86. The zero-order chi connectivity index (χ0) is 21.2. The van der Waals surface area contributed by atoms with Crippen LogP contribution >= 0.6 is 0 Å². The summed E-state index contributed by atoms with van der Waals surface area (Å²) in [5.74, 6) is -0.832. The van der Waals surface area contributed by atoms with Crippen LogP contribution in [0, 0.1) is 27.7 Å². The first-order valence-electron chi connectivity index (χ1n) is 9.53. The van der Waals surface area contributed by atoms with Crippen molar-refractivity contribution in [3.63, 3.8) is 0 Å². The molecule has 0 spiro atoms. The van der Waals surface area contributed by atoms with Crippen LogP contribution in [0.2, 0.25) is 0 Å². The van der Waals surface area contributed by atoms with Crippen LogP contribution in [0.4, 0.5) is 0 Å². The highest BCUT2D eigenvalue weighted by Gasteiger charge is 2.40. The fourth-order valence-electron chi connectivity index (χ4n) is 3.92. The van der Waals surface area contributed by atoms with E-state index in [9.17, 15) is 9.59 Å². The van der Waals surface area contributed by atoms with Gasteiger partial charge in [-0.2, -0.15) is 0 Å². The van der Waals surface area contributed by atoms with E-state index in [0.29, 0.717) is 11.4 Å². The summed E-state index contributed by atoms with van der Waals surface area (Å²) in [5.41, 5.74) is 5.69. The van der Waals surface area contributed by atoms with Gasteiger partial charge in [0, 0.05) is 0 Å². The first kappa shape index (κ1) is 18.1. The lowest BCUT2D eigenvalue weighted by molar-refractivity contribution is 0.0966. The minimum absolute atomic E-state index is 0.000142. The number of carbonyl (C=O) groups is 2. The molecule has 0 N–H and O–H groups in total. The molecule has 2 heterocycles. The van der Waals surface area contributed by atoms with E-state index >= 15 is 0 Å². The number of aromatic nitrogens is 6. The molecule has 2 aromatic heterocycles. The van der Waals surface area contributed by atoms with Crippen molar-refractivity contribution < 1.29 is 9.59 Å². The summed E-state index contributed by atoms with van der Waals surface area (Å²) in [4.78, 5) is 26.6. The van der Waals surface area contributed by atoms with Crippen LogP contribution in [0.3, 0.4) is 0 Å². The molecule has 0 amide bonds. The normalized spacial score (nSPS) is 12.8. The van der Waals surface area contributed by atoms with Gasteiger partial charge in [-0.1, -0.05) is 45.8 Å². The molecule has 0 atom stereocenters. The van der Waals surface area contributed by atoms with Gasteiger partial charge in [-0.3, -0.25) is 9.59 Å². The first-order chi connectivity index (χ1) is 14.4. The van der Waals surface area contributed by atoms with E-state index in [-0.39, 0.29) is 28.6 Å². The highest BCUT2D eigenvalue weighted by molar-refractivity contribution is 6.25. The highest BCUT2D eigenvalue weighted by atomic mass is 16.1. The number of nitrogens with zero attached hydrogens (tertiary/aromatic N) is 6. The zero-order valence-electron chi connectivity index (χ0n) is 17.0. The average Bonchev–Trinajstić information content (AvgIpc) is 3.32. The fourth-order valence-corrected chi connectivity index (χ4v) is 3.92. The smallest absolute Gasteiger partial charge is 0.238 e. The molecule has 0 bridgehead atoms. The van der Waals surface area contributed by atoms with Gasteiger partial charge in [0.15, 0.2) is 11.4 Å². The number of carbonyl (C=O) groups excluding carboxylic acids is 2. The summed E-state index contributed by atoms with van der Waals surface area (Å²) in [6.45, 7) is 7.84. The molecule has 5 rings (SSSR count). The number of ketones is 2. The summed E-state index contributed by atoms with van der Waals surface area (Å²) >= 11 is 0. The van der Waals surface area contributed by atoms with Crippen molar-refractivity contribution >= 4 is 11.6 Å². The van der Waals surface area contributed by atoms with Gasteiger partial charge in [0.05, 0.1) is 11.4 Å². The van der Waals surface area contributed by atoms with Crippen molar-refractivity contribution in [1.82, 2.24) is 30.0 Å². The molecule has 4 aromatic rings. The summed E-state index contributed by atoms with van der Waals surface area (Å²) in [6, 6.07) is 11.6. The number of fused-ring (bicyclic) bond motifs is 2. The second-order valence-electron chi connectivity index (χ2n) is 7.64. The van der Waals surface area contributed by atoms with Crippen molar-refractivity contribution in [3.8, 4) is 11.4 Å². The Morgan fingerprint density at radius 2 is 1.07 bits per heavy atom. The Labute approximate surface area is 172 Å². The quantitative estimate of drug-likeness (QED) is 0.454. The minimum Gasteiger partial charge on any atom is -0.285 e. The lowest BCUT2D eigenvalue weighted by Crippen LogP contribution is -2.25. The van der Waals surface area contributed by atoms with Gasteiger partial charge >= 0.3 is 0 Å². The Morgan fingerprint density at radius 1 is 0.633 bits per heavy atom. The SMILES string of the molecule is Cc1ccc(-n2nnc3c2C(=O)c2c(nnn2-c2ccc(C)cc2C)C3=O)c(C)c1. The summed E-state index contributed by atoms with van der Waals surface area (Å²) < 4.78 is 2.87. The summed E-state index contributed by atoms with van der Waals surface area (Å²) in [5, 5.41) is 16.2. The van der Waals surface area contributed by atoms with Crippen LogP contribution in [0.1, 0.15) is 54.6 Å². The Bertz CT molecular complexity index is 1280. The third kappa shape index (κ3) is 2.46. The molecule has 1 aliphatic rings. The highest BCUT2D eigenvalue weighted by Crippen LogP contribution is 2.29. The van der Waals surface area contributed by atoms with Gasteiger partial charge in [0.25, 0.3) is 0 Å². The zero-order valence-corrected chi connectivity index (χ0v) is 17.0. The molecule has 1 aliphatic carbocycles. The van der Waals surface area contributed by atoms with Crippen LogP contribution in [-0.2, 0) is 0 Å². The van der Waals surface area contributed by atoms with E-state index in [4.69, 9.17) is 0 Å². The second-order valence-corrected chi connectivity index (χ2v) is 7.64. The maximum Gasteiger partial charge on any atom is 0.238 e. The number of hydrogen-bond donors (Lipinski definition) is 0. The molecule has 0 saturated carbocycles. The van der Waals surface area contributed by atoms with E-state index < -0.39 is 5.78 Å². The molecule has 0 aliphatic heterocycles. The van der Waals surface area contributed by atoms with Crippen LogP contribution in [0.5, 0.6) is 0 Å². The number of hydrogen-bond acceptors (Lipinski definition) is 6. The van der Waals surface area contributed by atoms with Gasteiger partial charge < -0.3 is 0 Å². The van der Waals surface area contributed by atoms with E-state index in [0.717, 1.165) is 22.3 Å². The van der Waals surface area contributed by atoms with Crippen molar-refractivity contribution in [3.05, 3.63) is 81.4 Å². The maximum absolute atomic E-state index is 13.6. The molecular weight excluding hydrogens is 380 g/mol. The Morgan fingerprint density at radius 3 is 1.47 bits per heavy atom. The topological polar surface area (TPSA) is 95.6 Å². The Kier molecular flexibility index (Phi) is 3.79. The van der Waals surface area contributed by atoms with Crippen LogP contribution in [0.25, 0.3) is 11.4 Å². The van der Waals surface area contributed by atoms with Gasteiger partial charge in [-0.15, -0.1) is 10.2 Å². The number of rotatable bonds is 2. The van der Waals surface area contributed by atoms with Crippen LogP contribution in [-0.4, -0.2) is 41.6 Å². The van der Waals surface area contributed by atoms with Crippen molar-refractivity contribution in [1.29, 1.82) is 0 Å². The van der Waals surface area contributed by atoms with Crippen LogP contribution < -0.4 is 0 Å². The second kappa shape index (κ2) is 6.28. The van der Waals surface area contributed by atoms with E-state index in [1.165, 1.54) is 9.36 Å². The third-order valence-electron chi connectivity index (χ3n) is 5.36. The molecule has 0 fully saturated rings. The average molecular weight is 398 g/mol. The van der Waals surface area contributed by atoms with Crippen LogP contribution in [0.15, 0.2) is 36.4 Å². The predicted molar refractivity (Wildman–Crippen MR) is 109 cm³/mol. The summed E-state index contributed by atoms with van der Waals surface area (Å²) in [7, 11) is 0. The van der Waals surface area contributed by atoms with Gasteiger partial charge in [0.2, 0.25) is 11.6 Å². The monoisotopic (exact) mass is 398 g/mol. The lowest BCUT2D eigenvalue weighted by atomic mass is 9.98. The Balaban J connectivity index is 1.72. The molecule has 2 aromatic carbocycles. The largest absolute Gasteiger partial charge is 0.285 e. The molecule has 8 heteroatoms. The maximum atomic E-state index is 13.6. The third-order valence-corrected chi connectivity index (χ3v) is 5.36. The molecule has 0 unspecified atom stereocenters. The lowest BCUT2D eigenvalue weighted by Gasteiger charge is -2.15. The van der Waals surface area contributed by atoms with E-state index in [1.807, 2.05) is 64.1 Å². The molecule has 0 radical (unpaired) electrons. The van der Waals surface area contributed by atoms with Crippen molar-refractivity contribution in [2.45, 2.75) is 27.7 Å². The van der Waals surface area contributed by atoms with Crippen molar-refractivity contribution in [2.75, 3.05) is 0 Å². The Hall–Kier alpha value is -3.94.